The van der Waals surface area contributed by atoms with Crippen LogP contribution in [0.1, 0.15) is 13.8 Å². The molecule has 0 radical (unpaired) electrons. The molecule has 46 valence electrons. The molecule has 0 aliphatic rings. The Morgan fingerprint density at radius 2 is 2.00 bits per heavy atom. The van der Waals surface area contributed by atoms with Crippen LogP contribution in [0, 0.1) is 18.3 Å². The van der Waals surface area contributed by atoms with Gasteiger partial charge in [0.2, 0.25) is 0 Å². The average Bonchev–Trinajstić information content (AvgIpc) is 1.84. The van der Waals surface area contributed by atoms with Crippen LogP contribution in [0.4, 0.5) is 0 Å². The summed E-state index contributed by atoms with van der Waals surface area (Å²) >= 11 is 0. The summed E-state index contributed by atoms with van der Waals surface area (Å²) in [6.45, 7) is 4.10. The van der Waals surface area contributed by atoms with Crippen molar-refractivity contribution in [2.75, 3.05) is 7.05 Å². The van der Waals surface area contributed by atoms with Gasteiger partial charge in [-0.3, -0.25) is 0 Å². The van der Waals surface area contributed by atoms with E-state index in [0.29, 0.717) is 12.0 Å². The van der Waals surface area contributed by atoms with Gasteiger partial charge in [0.05, 0.1) is 0 Å². The van der Waals surface area contributed by atoms with Crippen LogP contribution in [-0.4, -0.2) is 13.1 Å². The molecular weight excluding hydrogens is 98.1 g/mol. The van der Waals surface area contributed by atoms with Crippen LogP contribution in [0.2, 0.25) is 0 Å². The number of hydrogen-bond donors (Lipinski definition) is 1. The van der Waals surface area contributed by atoms with Crippen molar-refractivity contribution in [2.45, 2.75) is 19.9 Å². The van der Waals surface area contributed by atoms with E-state index in [1.165, 1.54) is 0 Å². The lowest BCUT2D eigenvalue weighted by atomic mass is 10.1. The van der Waals surface area contributed by atoms with Crippen molar-refractivity contribution < 1.29 is 0 Å². The minimum absolute atomic E-state index is 0.333. The molecule has 0 rings (SSSR count). The summed E-state index contributed by atoms with van der Waals surface area (Å²) in [6, 6.07) is 0.431. The van der Waals surface area contributed by atoms with Crippen molar-refractivity contribution in [3.63, 3.8) is 0 Å². The number of nitrogens with one attached hydrogen (secondary N) is 1. The molecule has 0 heterocycles. The maximum Gasteiger partial charge on any atom is 0.0322 e. The van der Waals surface area contributed by atoms with Crippen LogP contribution >= 0.6 is 0 Å². The standard InChI is InChI=1S/C7H13N/c1-5-6(2)7(3)8-4/h1,6-8H,2-4H3. The van der Waals surface area contributed by atoms with E-state index >= 15 is 0 Å². The maximum atomic E-state index is 5.16. The Labute approximate surface area is 51.5 Å². The Hall–Kier alpha value is -0.480. The largest absolute Gasteiger partial charge is 0.316 e. The van der Waals surface area contributed by atoms with E-state index in [1.807, 2.05) is 14.0 Å². The normalized spacial score (nSPS) is 16.8. The third-order valence-corrected chi connectivity index (χ3v) is 1.47. The molecule has 0 saturated carbocycles. The third kappa shape index (κ3) is 1.99. The number of terminal acetylenes is 1. The highest BCUT2D eigenvalue weighted by Gasteiger charge is 2.03. The fourth-order valence-electron chi connectivity index (χ4n) is 0.394. The molecule has 0 bridgehead atoms. The van der Waals surface area contributed by atoms with Gasteiger partial charge in [-0.15, -0.1) is 12.3 Å². The smallest absolute Gasteiger partial charge is 0.0322 e. The van der Waals surface area contributed by atoms with Crippen LogP contribution < -0.4 is 5.32 Å². The molecule has 8 heavy (non-hydrogen) atoms. The molecule has 0 aliphatic carbocycles. The van der Waals surface area contributed by atoms with Gasteiger partial charge < -0.3 is 5.32 Å². The van der Waals surface area contributed by atoms with E-state index in [-0.39, 0.29) is 0 Å². The second kappa shape index (κ2) is 3.51. The predicted molar refractivity (Wildman–Crippen MR) is 36.5 cm³/mol. The zero-order chi connectivity index (χ0) is 6.57. The van der Waals surface area contributed by atoms with E-state index in [1.54, 1.807) is 0 Å². The van der Waals surface area contributed by atoms with E-state index in [4.69, 9.17) is 6.42 Å². The fourth-order valence-corrected chi connectivity index (χ4v) is 0.394. The third-order valence-electron chi connectivity index (χ3n) is 1.47. The molecule has 0 aromatic carbocycles. The van der Waals surface area contributed by atoms with Gasteiger partial charge in [0, 0.05) is 12.0 Å². The highest BCUT2D eigenvalue weighted by molar-refractivity contribution is 4.94. The maximum absolute atomic E-state index is 5.16. The first-order valence-corrected chi connectivity index (χ1v) is 2.85. The Morgan fingerprint density at radius 1 is 1.50 bits per heavy atom. The summed E-state index contributed by atoms with van der Waals surface area (Å²) in [5, 5.41) is 3.07. The van der Waals surface area contributed by atoms with Gasteiger partial charge in [-0.1, -0.05) is 0 Å². The van der Waals surface area contributed by atoms with Crippen LogP contribution in [0.25, 0.3) is 0 Å². The predicted octanol–water partition coefficient (Wildman–Crippen LogP) is 0.864. The minimum atomic E-state index is 0.333. The van der Waals surface area contributed by atoms with Crippen molar-refractivity contribution in [3.8, 4) is 12.3 Å². The zero-order valence-corrected chi connectivity index (χ0v) is 5.73. The lowest BCUT2D eigenvalue weighted by Crippen LogP contribution is -2.27. The van der Waals surface area contributed by atoms with Crippen LogP contribution in [-0.2, 0) is 0 Å². The lowest BCUT2D eigenvalue weighted by molar-refractivity contribution is 0.512. The fraction of sp³-hybridized carbons (Fsp3) is 0.714. The molecule has 0 saturated heterocycles. The first-order chi connectivity index (χ1) is 3.72. The Bertz CT molecular complexity index is 91.1. The summed E-state index contributed by atoms with van der Waals surface area (Å²) in [5.74, 6) is 2.99. The summed E-state index contributed by atoms with van der Waals surface area (Å²) in [7, 11) is 1.92. The Balaban J connectivity index is 3.49. The highest BCUT2D eigenvalue weighted by atomic mass is 14.9. The number of rotatable bonds is 2. The number of hydrogen-bond acceptors (Lipinski definition) is 1. The molecule has 0 spiro atoms. The lowest BCUT2D eigenvalue weighted by Gasteiger charge is -2.11. The molecule has 1 heteroatoms. The Morgan fingerprint density at radius 3 is 2.12 bits per heavy atom. The van der Waals surface area contributed by atoms with Crippen molar-refractivity contribution in [1.29, 1.82) is 0 Å². The van der Waals surface area contributed by atoms with Crippen LogP contribution in [0.15, 0.2) is 0 Å². The minimum Gasteiger partial charge on any atom is -0.316 e. The SMILES string of the molecule is C#CC(C)C(C)NC. The van der Waals surface area contributed by atoms with Crippen LogP contribution in [0.3, 0.4) is 0 Å². The van der Waals surface area contributed by atoms with Gasteiger partial charge in [0.1, 0.15) is 0 Å². The molecule has 2 atom stereocenters. The van der Waals surface area contributed by atoms with Gasteiger partial charge in [-0.2, -0.15) is 0 Å². The topological polar surface area (TPSA) is 12.0 Å². The van der Waals surface area contributed by atoms with Gasteiger partial charge in [-0.05, 0) is 20.9 Å². The van der Waals surface area contributed by atoms with Gasteiger partial charge in [-0.25, -0.2) is 0 Å². The van der Waals surface area contributed by atoms with Crippen molar-refractivity contribution in [2.24, 2.45) is 5.92 Å². The van der Waals surface area contributed by atoms with Crippen molar-refractivity contribution in [3.05, 3.63) is 0 Å². The summed E-state index contributed by atoms with van der Waals surface area (Å²) in [4.78, 5) is 0. The molecule has 2 unspecified atom stereocenters. The second-order valence-corrected chi connectivity index (χ2v) is 2.03. The van der Waals surface area contributed by atoms with E-state index in [9.17, 15) is 0 Å². The molecule has 0 aliphatic heterocycles. The van der Waals surface area contributed by atoms with Gasteiger partial charge in [0.25, 0.3) is 0 Å². The van der Waals surface area contributed by atoms with E-state index < -0.39 is 0 Å². The second-order valence-electron chi connectivity index (χ2n) is 2.03. The quantitative estimate of drug-likeness (QED) is 0.521. The van der Waals surface area contributed by atoms with Gasteiger partial charge >= 0.3 is 0 Å². The monoisotopic (exact) mass is 111 g/mol. The first-order valence-electron chi connectivity index (χ1n) is 2.85. The Kier molecular flexibility index (Phi) is 3.30. The molecule has 1 nitrogen and oxygen atoms in total. The molecule has 0 amide bonds. The average molecular weight is 111 g/mol. The van der Waals surface area contributed by atoms with E-state index in [2.05, 4.69) is 18.2 Å². The van der Waals surface area contributed by atoms with Crippen LogP contribution in [0.5, 0.6) is 0 Å². The molecule has 0 aromatic rings. The molecule has 0 aromatic heterocycles. The highest BCUT2D eigenvalue weighted by Crippen LogP contribution is 1.97. The zero-order valence-electron chi connectivity index (χ0n) is 5.73. The molecule has 1 N–H and O–H groups in total. The molecular formula is C7H13N. The van der Waals surface area contributed by atoms with Gasteiger partial charge in [0.15, 0.2) is 0 Å². The summed E-state index contributed by atoms with van der Waals surface area (Å²) in [5.41, 5.74) is 0. The summed E-state index contributed by atoms with van der Waals surface area (Å²) < 4.78 is 0. The first kappa shape index (κ1) is 7.52. The summed E-state index contributed by atoms with van der Waals surface area (Å²) in [6.07, 6.45) is 5.16. The molecule has 0 fully saturated rings. The van der Waals surface area contributed by atoms with E-state index in [0.717, 1.165) is 0 Å². The van der Waals surface area contributed by atoms with Crippen molar-refractivity contribution in [1.82, 2.24) is 5.32 Å². The van der Waals surface area contributed by atoms with Crippen molar-refractivity contribution >= 4 is 0 Å².